The second kappa shape index (κ2) is 9.35. The van der Waals surface area contributed by atoms with Crippen molar-refractivity contribution >= 4 is 29.9 Å². The quantitative estimate of drug-likeness (QED) is 0.840. The van der Waals surface area contributed by atoms with Crippen molar-refractivity contribution in [1.29, 1.82) is 0 Å². The lowest BCUT2D eigenvalue weighted by molar-refractivity contribution is -0.116. The lowest BCUT2D eigenvalue weighted by Crippen LogP contribution is -2.48. The lowest BCUT2D eigenvalue weighted by Gasteiger charge is -2.35. The Labute approximate surface area is 161 Å². The molecule has 0 bridgehead atoms. The molecule has 26 heavy (non-hydrogen) atoms. The highest BCUT2D eigenvalue weighted by atomic mass is 35.5. The van der Waals surface area contributed by atoms with Crippen LogP contribution in [0.3, 0.4) is 0 Å². The van der Waals surface area contributed by atoms with Crippen LogP contribution in [-0.4, -0.2) is 54.6 Å². The van der Waals surface area contributed by atoms with Gasteiger partial charge in [-0.3, -0.25) is 9.59 Å². The molecule has 7 heteroatoms. The maximum atomic E-state index is 12.6. The average Bonchev–Trinajstić information content (AvgIpc) is 3.07. The molecule has 0 aromatic heterocycles. The molecule has 3 unspecified atom stereocenters. The summed E-state index contributed by atoms with van der Waals surface area (Å²) >= 11 is 0. The molecule has 3 rings (SSSR count). The molecule has 3 atom stereocenters. The normalized spacial score (nSPS) is 25.5. The van der Waals surface area contributed by atoms with Crippen LogP contribution in [0.15, 0.2) is 24.3 Å². The average molecular weight is 382 g/mol. The van der Waals surface area contributed by atoms with Crippen LogP contribution >= 0.6 is 12.4 Å². The zero-order valence-electron chi connectivity index (χ0n) is 15.4. The molecular formula is C19H28ClN3O3. The molecule has 2 fully saturated rings. The van der Waals surface area contributed by atoms with E-state index in [0.717, 1.165) is 25.1 Å². The number of carbonyl (C=O) groups is 2. The van der Waals surface area contributed by atoms with E-state index in [0.29, 0.717) is 25.1 Å². The minimum Gasteiger partial charge on any atom is -0.372 e. The van der Waals surface area contributed by atoms with E-state index in [2.05, 4.69) is 10.6 Å². The van der Waals surface area contributed by atoms with Crippen molar-refractivity contribution in [1.82, 2.24) is 10.2 Å². The molecule has 2 aliphatic rings. The number of nitrogens with one attached hydrogen (secondary N) is 2. The van der Waals surface area contributed by atoms with E-state index in [1.807, 2.05) is 18.7 Å². The fraction of sp³-hybridized carbons (Fsp3) is 0.579. The SMILES string of the molecule is CC1CN(C(=O)c2ccc(NC(=O)CC3CCCN3)cc2)CC(C)O1.Cl. The van der Waals surface area contributed by atoms with Crippen LogP contribution in [0.1, 0.15) is 43.5 Å². The van der Waals surface area contributed by atoms with Gasteiger partial charge in [0.15, 0.2) is 0 Å². The highest BCUT2D eigenvalue weighted by Gasteiger charge is 2.26. The summed E-state index contributed by atoms with van der Waals surface area (Å²) in [6.07, 6.45) is 2.78. The van der Waals surface area contributed by atoms with Crippen molar-refractivity contribution < 1.29 is 14.3 Å². The fourth-order valence-electron chi connectivity index (χ4n) is 3.59. The predicted molar refractivity (Wildman–Crippen MR) is 104 cm³/mol. The number of amides is 2. The Kier molecular flexibility index (Phi) is 7.43. The summed E-state index contributed by atoms with van der Waals surface area (Å²) in [5, 5.41) is 6.22. The summed E-state index contributed by atoms with van der Waals surface area (Å²) in [6.45, 7) is 6.17. The number of ether oxygens (including phenoxy) is 1. The van der Waals surface area contributed by atoms with Gasteiger partial charge in [-0.1, -0.05) is 0 Å². The Hall–Kier alpha value is -1.63. The van der Waals surface area contributed by atoms with Crippen LogP contribution < -0.4 is 10.6 Å². The number of rotatable bonds is 4. The number of halogens is 1. The Balaban J connectivity index is 0.00000243. The molecule has 0 radical (unpaired) electrons. The van der Waals surface area contributed by atoms with E-state index in [1.165, 1.54) is 0 Å². The van der Waals surface area contributed by atoms with Gasteiger partial charge in [0.2, 0.25) is 5.91 Å². The summed E-state index contributed by atoms with van der Waals surface area (Å²) in [5.41, 5.74) is 1.36. The predicted octanol–water partition coefficient (Wildman–Crippen LogP) is 2.44. The topological polar surface area (TPSA) is 70.7 Å². The number of nitrogens with zero attached hydrogens (tertiary/aromatic N) is 1. The van der Waals surface area contributed by atoms with Crippen LogP contribution in [0.4, 0.5) is 5.69 Å². The van der Waals surface area contributed by atoms with E-state index in [1.54, 1.807) is 24.3 Å². The van der Waals surface area contributed by atoms with Crippen molar-refractivity contribution in [3.05, 3.63) is 29.8 Å². The summed E-state index contributed by atoms with van der Waals surface area (Å²) in [6, 6.07) is 7.42. The van der Waals surface area contributed by atoms with Gasteiger partial charge in [-0.25, -0.2) is 0 Å². The Morgan fingerprint density at radius 1 is 1.19 bits per heavy atom. The first kappa shape index (κ1) is 20.7. The van der Waals surface area contributed by atoms with Crippen molar-refractivity contribution in [3.8, 4) is 0 Å². The molecule has 6 nitrogen and oxygen atoms in total. The van der Waals surface area contributed by atoms with Crippen molar-refractivity contribution in [3.63, 3.8) is 0 Å². The van der Waals surface area contributed by atoms with Gasteiger partial charge in [0.1, 0.15) is 0 Å². The fourth-order valence-corrected chi connectivity index (χ4v) is 3.59. The highest BCUT2D eigenvalue weighted by Crippen LogP contribution is 2.17. The first-order valence-corrected chi connectivity index (χ1v) is 9.09. The molecule has 2 heterocycles. The van der Waals surface area contributed by atoms with E-state index >= 15 is 0 Å². The molecule has 0 spiro atoms. The van der Waals surface area contributed by atoms with Crippen molar-refractivity contribution in [2.24, 2.45) is 0 Å². The van der Waals surface area contributed by atoms with Gasteiger partial charge in [0.05, 0.1) is 12.2 Å². The van der Waals surface area contributed by atoms with Gasteiger partial charge in [0.25, 0.3) is 5.91 Å². The van der Waals surface area contributed by atoms with Gasteiger partial charge < -0.3 is 20.3 Å². The largest absolute Gasteiger partial charge is 0.372 e. The zero-order chi connectivity index (χ0) is 17.8. The molecule has 1 aromatic rings. The standard InChI is InChI=1S/C19H27N3O3.ClH/c1-13-11-22(12-14(2)25-13)19(24)15-5-7-16(8-6-15)21-18(23)10-17-4-3-9-20-17;/h5-8,13-14,17,20H,3-4,9-12H2,1-2H3,(H,21,23);1H. The molecule has 0 aliphatic carbocycles. The van der Waals surface area contributed by atoms with Crippen LogP contribution in [0.5, 0.6) is 0 Å². The molecule has 1 aromatic carbocycles. The smallest absolute Gasteiger partial charge is 0.254 e. The summed E-state index contributed by atoms with van der Waals surface area (Å²) < 4.78 is 5.67. The number of hydrogen-bond donors (Lipinski definition) is 2. The molecule has 144 valence electrons. The molecule has 2 N–H and O–H groups in total. The first-order valence-electron chi connectivity index (χ1n) is 9.09. The second-order valence-corrected chi connectivity index (χ2v) is 7.09. The number of morpholine rings is 1. The molecule has 2 aliphatic heterocycles. The lowest BCUT2D eigenvalue weighted by atomic mass is 10.1. The minimum atomic E-state index is 0. The molecule has 2 amide bonds. The van der Waals surface area contributed by atoms with Gasteiger partial charge in [-0.2, -0.15) is 0 Å². The third-order valence-electron chi connectivity index (χ3n) is 4.72. The van der Waals surface area contributed by atoms with E-state index in [9.17, 15) is 9.59 Å². The molecule has 0 saturated carbocycles. The van der Waals surface area contributed by atoms with E-state index in [4.69, 9.17) is 4.74 Å². The molecule has 2 saturated heterocycles. The van der Waals surface area contributed by atoms with Crippen LogP contribution in [-0.2, 0) is 9.53 Å². The third kappa shape index (κ3) is 5.43. The van der Waals surface area contributed by atoms with Gasteiger partial charge >= 0.3 is 0 Å². The Morgan fingerprint density at radius 3 is 2.42 bits per heavy atom. The minimum absolute atomic E-state index is 0. The van der Waals surface area contributed by atoms with Crippen molar-refractivity contribution in [2.75, 3.05) is 25.0 Å². The number of hydrogen-bond acceptors (Lipinski definition) is 4. The van der Waals surface area contributed by atoms with Gasteiger partial charge in [0, 0.05) is 36.8 Å². The van der Waals surface area contributed by atoms with Gasteiger partial charge in [-0.05, 0) is 57.5 Å². The summed E-state index contributed by atoms with van der Waals surface area (Å²) in [4.78, 5) is 26.5. The van der Waals surface area contributed by atoms with Crippen LogP contribution in [0, 0.1) is 0 Å². The number of carbonyl (C=O) groups excluding carboxylic acids is 2. The van der Waals surface area contributed by atoms with Gasteiger partial charge in [-0.15, -0.1) is 12.4 Å². The first-order chi connectivity index (χ1) is 12.0. The highest BCUT2D eigenvalue weighted by molar-refractivity contribution is 5.96. The van der Waals surface area contributed by atoms with E-state index < -0.39 is 0 Å². The maximum Gasteiger partial charge on any atom is 0.254 e. The van der Waals surface area contributed by atoms with Crippen LogP contribution in [0.25, 0.3) is 0 Å². The third-order valence-corrected chi connectivity index (χ3v) is 4.72. The molecular weight excluding hydrogens is 354 g/mol. The Morgan fingerprint density at radius 2 is 1.85 bits per heavy atom. The summed E-state index contributed by atoms with van der Waals surface area (Å²) in [7, 11) is 0. The van der Waals surface area contributed by atoms with Crippen LogP contribution in [0.2, 0.25) is 0 Å². The Bertz CT molecular complexity index is 607. The second-order valence-electron chi connectivity index (χ2n) is 7.09. The summed E-state index contributed by atoms with van der Waals surface area (Å²) in [5.74, 6) is 0.0179. The maximum absolute atomic E-state index is 12.6. The number of benzene rings is 1. The van der Waals surface area contributed by atoms with Crippen molar-refractivity contribution in [2.45, 2.75) is 51.4 Å². The zero-order valence-corrected chi connectivity index (χ0v) is 16.2. The van der Waals surface area contributed by atoms with E-state index in [-0.39, 0.29) is 42.5 Å². The number of anilines is 1. The monoisotopic (exact) mass is 381 g/mol.